The maximum absolute atomic E-state index is 10.2. The Morgan fingerprint density at radius 3 is 2.17 bits per heavy atom. The zero-order chi connectivity index (χ0) is 13.4. The lowest BCUT2D eigenvalue weighted by Crippen LogP contribution is -2.36. The van der Waals surface area contributed by atoms with Crippen LogP contribution in [0, 0.1) is 11.3 Å². The number of hydrogen-bond donors (Lipinski definition) is 2. The smallest absolute Gasteiger partial charge is 0.0643 e. The number of rotatable bonds is 9. The maximum Gasteiger partial charge on any atom is 0.0643 e. The Morgan fingerprint density at radius 1 is 1.06 bits per heavy atom. The molecule has 18 heavy (non-hydrogen) atoms. The van der Waals surface area contributed by atoms with Crippen LogP contribution in [0.2, 0.25) is 0 Å². The van der Waals surface area contributed by atoms with Crippen molar-refractivity contribution in [3.05, 3.63) is 0 Å². The van der Waals surface area contributed by atoms with Crippen molar-refractivity contribution < 1.29 is 10.2 Å². The topological polar surface area (TPSA) is 40.5 Å². The Morgan fingerprint density at radius 2 is 1.67 bits per heavy atom. The van der Waals surface area contributed by atoms with Crippen LogP contribution in [0.1, 0.15) is 78.1 Å². The van der Waals surface area contributed by atoms with Crippen molar-refractivity contribution in [2.45, 2.75) is 84.2 Å². The van der Waals surface area contributed by atoms with E-state index in [2.05, 4.69) is 13.8 Å². The average molecular weight is 256 g/mol. The first-order valence-corrected chi connectivity index (χ1v) is 7.95. The van der Waals surface area contributed by atoms with Gasteiger partial charge in [-0.05, 0) is 25.2 Å². The van der Waals surface area contributed by atoms with Crippen molar-refractivity contribution in [3.63, 3.8) is 0 Å². The highest BCUT2D eigenvalue weighted by molar-refractivity contribution is 4.94. The Kier molecular flexibility index (Phi) is 7.25. The molecule has 0 radical (unpaired) electrons. The van der Waals surface area contributed by atoms with Crippen LogP contribution in [-0.2, 0) is 0 Å². The second kappa shape index (κ2) is 8.16. The third-order valence-electron chi connectivity index (χ3n) is 4.86. The van der Waals surface area contributed by atoms with E-state index in [0.29, 0.717) is 5.92 Å². The molecule has 0 aromatic carbocycles. The normalized spacial score (nSPS) is 32.0. The summed E-state index contributed by atoms with van der Waals surface area (Å²) in [6.07, 6.45) is 11.9. The second-order valence-electron chi connectivity index (χ2n) is 6.35. The molecule has 1 aliphatic rings. The number of aliphatic hydroxyl groups is 2. The molecule has 0 amide bonds. The van der Waals surface area contributed by atoms with Gasteiger partial charge >= 0.3 is 0 Å². The molecule has 1 fully saturated rings. The fourth-order valence-corrected chi connectivity index (χ4v) is 3.38. The van der Waals surface area contributed by atoms with Crippen molar-refractivity contribution in [2.75, 3.05) is 6.61 Å². The molecular weight excluding hydrogens is 224 g/mol. The zero-order valence-corrected chi connectivity index (χ0v) is 12.3. The van der Waals surface area contributed by atoms with Gasteiger partial charge in [-0.25, -0.2) is 0 Å². The van der Waals surface area contributed by atoms with Crippen LogP contribution in [-0.4, -0.2) is 22.9 Å². The van der Waals surface area contributed by atoms with E-state index in [9.17, 15) is 10.2 Å². The fourth-order valence-electron chi connectivity index (χ4n) is 3.38. The van der Waals surface area contributed by atoms with Gasteiger partial charge in [0.05, 0.1) is 12.7 Å². The minimum atomic E-state index is -0.289. The Balaban J connectivity index is 2.16. The Hall–Kier alpha value is -0.0800. The van der Waals surface area contributed by atoms with Crippen LogP contribution in [0.4, 0.5) is 0 Å². The van der Waals surface area contributed by atoms with Gasteiger partial charge in [-0.2, -0.15) is 0 Å². The van der Waals surface area contributed by atoms with Crippen molar-refractivity contribution >= 4 is 0 Å². The van der Waals surface area contributed by atoms with Gasteiger partial charge in [0.1, 0.15) is 0 Å². The number of unbranched alkanes of at least 4 members (excludes halogenated alkanes) is 6. The summed E-state index contributed by atoms with van der Waals surface area (Å²) >= 11 is 0. The third-order valence-corrected chi connectivity index (χ3v) is 4.86. The molecule has 2 N–H and O–H groups in total. The molecule has 2 heteroatoms. The molecule has 2 nitrogen and oxygen atoms in total. The molecule has 0 spiro atoms. The highest BCUT2D eigenvalue weighted by atomic mass is 16.3. The quantitative estimate of drug-likeness (QED) is 0.614. The van der Waals surface area contributed by atoms with Crippen molar-refractivity contribution in [1.29, 1.82) is 0 Å². The van der Waals surface area contributed by atoms with E-state index in [1.165, 1.54) is 38.5 Å². The molecular formula is C16H32O2. The van der Waals surface area contributed by atoms with Gasteiger partial charge in [-0.15, -0.1) is 0 Å². The summed E-state index contributed by atoms with van der Waals surface area (Å²) in [5, 5.41) is 19.8. The van der Waals surface area contributed by atoms with Gasteiger partial charge in [0.2, 0.25) is 0 Å². The van der Waals surface area contributed by atoms with E-state index >= 15 is 0 Å². The van der Waals surface area contributed by atoms with Crippen LogP contribution in [0.3, 0.4) is 0 Å². The standard InChI is InChI=1S/C16H32O2/c1-3-4-5-6-7-8-9-11-16(13-17)12-10-14(2)15(16)18/h14-15,17-18H,3-13H2,1-2H3/t14-,15-,16+/m1/s1. The van der Waals surface area contributed by atoms with E-state index in [-0.39, 0.29) is 18.1 Å². The van der Waals surface area contributed by atoms with Crippen molar-refractivity contribution in [3.8, 4) is 0 Å². The Labute approximate surface area is 113 Å². The molecule has 0 unspecified atom stereocenters. The lowest BCUT2D eigenvalue weighted by Gasteiger charge is -2.32. The second-order valence-corrected chi connectivity index (χ2v) is 6.35. The van der Waals surface area contributed by atoms with E-state index < -0.39 is 0 Å². The highest BCUT2D eigenvalue weighted by Gasteiger charge is 2.44. The molecule has 3 atom stereocenters. The zero-order valence-electron chi connectivity index (χ0n) is 12.3. The SMILES string of the molecule is CCCCCCCCC[C@@]1(CO)CC[C@@H](C)[C@H]1O. The van der Waals surface area contributed by atoms with Gasteiger partial charge in [-0.1, -0.05) is 58.8 Å². The van der Waals surface area contributed by atoms with E-state index in [0.717, 1.165) is 25.7 Å². The average Bonchev–Trinajstić information content (AvgIpc) is 2.67. The first kappa shape index (κ1) is 16.0. The van der Waals surface area contributed by atoms with Gasteiger partial charge < -0.3 is 10.2 Å². The van der Waals surface area contributed by atoms with Crippen molar-refractivity contribution in [2.24, 2.45) is 11.3 Å². The first-order valence-electron chi connectivity index (χ1n) is 7.95. The van der Waals surface area contributed by atoms with E-state index in [1.807, 2.05) is 0 Å². The predicted molar refractivity (Wildman–Crippen MR) is 76.5 cm³/mol. The van der Waals surface area contributed by atoms with Crippen LogP contribution in [0.25, 0.3) is 0 Å². The minimum Gasteiger partial charge on any atom is -0.396 e. The summed E-state index contributed by atoms with van der Waals surface area (Å²) in [7, 11) is 0. The number of aliphatic hydroxyl groups excluding tert-OH is 2. The largest absolute Gasteiger partial charge is 0.396 e. The molecule has 0 heterocycles. The summed E-state index contributed by atoms with van der Waals surface area (Å²) in [5.41, 5.74) is -0.178. The van der Waals surface area contributed by atoms with E-state index in [4.69, 9.17) is 0 Å². The van der Waals surface area contributed by atoms with Crippen LogP contribution < -0.4 is 0 Å². The maximum atomic E-state index is 10.2. The lowest BCUT2D eigenvalue weighted by atomic mass is 9.79. The molecule has 108 valence electrons. The summed E-state index contributed by atoms with van der Waals surface area (Å²) in [6, 6.07) is 0. The van der Waals surface area contributed by atoms with Gasteiger partial charge in [0, 0.05) is 5.41 Å². The number of hydrogen-bond acceptors (Lipinski definition) is 2. The molecule has 1 saturated carbocycles. The van der Waals surface area contributed by atoms with Crippen LogP contribution in [0.5, 0.6) is 0 Å². The fraction of sp³-hybridized carbons (Fsp3) is 1.00. The molecule has 1 rings (SSSR count). The summed E-state index contributed by atoms with van der Waals surface area (Å²) in [5.74, 6) is 0.363. The van der Waals surface area contributed by atoms with Crippen LogP contribution in [0.15, 0.2) is 0 Å². The van der Waals surface area contributed by atoms with Gasteiger partial charge in [0.25, 0.3) is 0 Å². The summed E-state index contributed by atoms with van der Waals surface area (Å²) in [6.45, 7) is 4.51. The lowest BCUT2D eigenvalue weighted by molar-refractivity contribution is -0.0177. The Bertz CT molecular complexity index is 217. The molecule has 0 aromatic rings. The monoisotopic (exact) mass is 256 g/mol. The predicted octanol–water partition coefficient (Wildman–Crippen LogP) is 3.90. The van der Waals surface area contributed by atoms with Crippen LogP contribution >= 0.6 is 0 Å². The molecule has 0 aromatic heterocycles. The third kappa shape index (κ3) is 4.24. The van der Waals surface area contributed by atoms with E-state index in [1.54, 1.807) is 0 Å². The minimum absolute atomic E-state index is 0.161. The molecule has 0 saturated heterocycles. The van der Waals surface area contributed by atoms with Gasteiger partial charge in [-0.3, -0.25) is 0 Å². The highest BCUT2D eigenvalue weighted by Crippen LogP contribution is 2.45. The summed E-state index contributed by atoms with van der Waals surface area (Å²) < 4.78 is 0. The molecule has 0 aliphatic heterocycles. The molecule has 1 aliphatic carbocycles. The van der Waals surface area contributed by atoms with Crippen molar-refractivity contribution in [1.82, 2.24) is 0 Å². The molecule has 0 bridgehead atoms. The summed E-state index contributed by atoms with van der Waals surface area (Å²) in [4.78, 5) is 0. The van der Waals surface area contributed by atoms with Gasteiger partial charge in [0.15, 0.2) is 0 Å². The first-order chi connectivity index (χ1) is 8.66.